The van der Waals surface area contributed by atoms with Crippen LogP contribution in [0.25, 0.3) is 0 Å². The smallest absolute Gasteiger partial charge is 0.335 e. The molecule has 0 saturated carbocycles. The first-order valence-electron chi connectivity index (χ1n) is 6.91. The summed E-state index contributed by atoms with van der Waals surface area (Å²) in [6.07, 6.45) is 3.62. The number of carbonyl (C=O) groups is 2. The molecule has 0 spiro atoms. The normalized spacial score (nSPS) is 17.0. The van der Waals surface area contributed by atoms with Crippen molar-refractivity contribution in [2.75, 3.05) is 18.5 Å². The number of benzene rings is 1. The van der Waals surface area contributed by atoms with Crippen molar-refractivity contribution in [3.8, 4) is 0 Å². The molecule has 0 aliphatic carbocycles. The predicted octanol–water partition coefficient (Wildman–Crippen LogP) is 2.70. The standard InChI is InChI=1S/C16H19NO4/c1-2-6-16(7-9-21-10-8-16)15(20)17-13-5-3-4-12(11-13)14(18)19/h2-5,11H,1,6-10H2,(H,17,20)(H,18,19). The first kappa shape index (κ1) is 15.3. The van der Waals surface area contributed by atoms with Crippen LogP contribution in [0.4, 0.5) is 5.69 Å². The Labute approximate surface area is 123 Å². The number of carboxylic acid groups (broad SMARTS) is 1. The predicted molar refractivity (Wildman–Crippen MR) is 79.3 cm³/mol. The van der Waals surface area contributed by atoms with Crippen LogP contribution in [0.3, 0.4) is 0 Å². The van der Waals surface area contributed by atoms with Crippen molar-refractivity contribution in [3.05, 3.63) is 42.5 Å². The van der Waals surface area contributed by atoms with Gasteiger partial charge in [0.2, 0.25) is 5.91 Å². The Morgan fingerprint density at radius 1 is 1.38 bits per heavy atom. The van der Waals surface area contributed by atoms with Crippen LogP contribution in [0.5, 0.6) is 0 Å². The van der Waals surface area contributed by atoms with Gasteiger partial charge >= 0.3 is 5.97 Å². The molecule has 0 unspecified atom stereocenters. The number of carboxylic acids is 1. The van der Waals surface area contributed by atoms with Gasteiger partial charge in [0.25, 0.3) is 0 Å². The Morgan fingerprint density at radius 2 is 2.10 bits per heavy atom. The molecule has 1 aromatic rings. The third-order valence-electron chi connectivity index (χ3n) is 3.83. The van der Waals surface area contributed by atoms with Crippen molar-refractivity contribution in [2.24, 2.45) is 5.41 Å². The fraction of sp³-hybridized carbons (Fsp3) is 0.375. The van der Waals surface area contributed by atoms with E-state index >= 15 is 0 Å². The largest absolute Gasteiger partial charge is 0.478 e. The minimum absolute atomic E-state index is 0.103. The van der Waals surface area contributed by atoms with Gasteiger partial charge in [0.05, 0.1) is 11.0 Å². The number of allylic oxidation sites excluding steroid dienone is 1. The van der Waals surface area contributed by atoms with Crippen molar-refractivity contribution in [2.45, 2.75) is 19.3 Å². The van der Waals surface area contributed by atoms with E-state index in [9.17, 15) is 9.59 Å². The van der Waals surface area contributed by atoms with E-state index in [0.29, 0.717) is 38.2 Å². The summed E-state index contributed by atoms with van der Waals surface area (Å²) in [5.41, 5.74) is 0.131. The Kier molecular flexibility index (Phi) is 4.75. The highest BCUT2D eigenvalue weighted by atomic mass is 16.5. The Bertz CT molecular complexity index is 547. The van der Waals surface area contributed by atoms with Gasteiger partial charge in [-0.05, 0) is 37.5 Å². The summed E-state index contributed by atoms with van der Waals surface area (Å²) < 4.78 is 5.33. The molecular formula is C16H19NO4. The van der Waals surface area contributed by atoms with E-state index in [2.05, 4.69) is 11.9 Å². The van der Waals surface area contributed by atoms with Crippen LogP contribution in [0.15, 0.2) is 36.9 Å². The Balaban J connectivity index is 2.16. The lowest BCUT2D eigenvalue weighted by Gasteiger charge is -2.34. The number of aromatic carboxylic acids is 1. The molecule has 0 atom stereocenters. The van der Waals surface area contributed by atoms with Gasteiger partial charge in [-0.25, -0.2) is 4.79 Å². The molecule has 5 nitrogen and oxygen atoms in total. The molecule has 2 N–H and O–H groups in total. The quantitative estimate of drug-likeness (QED) is 0.817. The zero-order valence-electron chi connectivity index (χ0n) is 11.8. The number of carbonyl (C=O) groups excluding carboxylic acids is 1. The number of anilines is 1. The topological polar surface area (TPSA) is 75.6 Å². The van der Waals surface area contributed by atoms with Crippen LogP contribution in [-0.2, 0) is 9.53 Å². The summed E-state index contributed by atoms with van der Waals surface area (Å²) in [7, 11) is 0. The summed E-state index contributed by atoms with van der Waals surface area (Å²) in [6.45, 7) is 4.83. The number of amides is 1. The second-order valence-electron chi connectivity index (χ2n) is 5.23. The number of rotatable bonds is 5. The van der Waals surface area contributed by atoms with Crippen molar-refractivity contribution in [1.82, 2.24) is 0 Å². The molecule has 0 aromatic heterocycles. The second kappa shape index (κ2) is 6.54. The molecule has 1 aliphatic rings. The molecule has 112 valence electrons. The fourth-order valence-corrected chi connectivity index (χ4v) is 2.56. The molecule has 1 amide bonds. The van der Waals surface area contributed by atoms with Crippen LogP contribution < -0.4 is 5.32 Å². The summed E-state index contributed by atoms with van der Waals surface area (Å²) >= 11 is 0. The molecule has 1 fully saturated rings. The first-order chi connectivity index (χ1) is 10.1. The summed E-state index contributed by atoms with van der Waals surface area (Å²) in [5.74, 6) is -1.12. The van der Waals surface area contributed by atoms with E-state index in [4.69, 9.17) is 9.84 Å². The van der Waals surface area contributed by atoms with Gasteiger partial charge < -0.3 is 15.2 Å². The van der Waals surface area contributed by atoms with Crippen molar-refractivity contribution >= 4 is 17.6 Å². The second-order valence-corrected chi connectivity index (χ2v) is 5.23. The van der Waals surface area contributed by atoms with Crippen molar-refractivity contribution < 1.29 is 19.4 Å². The number of hydrogen-bond donors (Lipinski definition) is 2. The van der Waals surface area contributed by atoms with E-state index in [-0.39, 0.29) is 11.5 Å². The molecule has 0 bridgehead atoms. The van der Waals surface area contributed by atoms with Crippen LogP contribution in [-0.4, -0.2) is 30.2 Å². The number of nitrogens with one attached hydrogen (secondary N) is 1. The molecule has 5 heteroatoms. The van der Waals surface area contributed by atoms with E-state index in [0.717, 1.165) is 0 Å². The highest BCUT2D eigenvalue weighted by molar-refractivity contribution is 5.97. The van der Waals surface area contributed by atoms with Gasteiger partial charge in [0.15, 0.2) is 0 Å². The number of ether oxygens (including phenoxy) is 1. The highest BCUT2D eigenvalue weighted by Gasteiger charge is 2.38. The van der Waals surface area contributed by atoms with Gasteiger partial charge in [-0.15, -0.1) is 6.58 Å². The van der Waals surface area contributed by atoms with Crippen LogP contribution in [0.2, 0.25) is 0 Å². The van der Waals surface area contributed by atoms with E-state index < -0.39 is 11.4 Å². The summed E-state index contributed by atoms with van der Waals surface area (Å²) in [4.78, 5) is 23.6. The molecular weight excluding hydrogens is 270 g/mol. The molecule has 0 radical (unpaired) electrons. The fourth-order valence-electron chi connectivity index (χ4n) is 2.56. The maximum Gasteiger partial charge on any atom is 0.335 e. The van der Waals surface area contributed by atoms with Gasteiger partial charge in [0.1, 0.15) is 0 Å². The van der Waals surface area contributed by atoms with E-state index in [1.807, 2.05) is 0 Å². The Hall–Kier alpha value is -2.14. The molecule has 1 aromatic carbocycles. The maximum absolute atomic E-state index is 12.6. The lowest BCUT2D eigenvalue weighted by molar-refractivity contribution is -0.130. The van der Waals surface area contributed by atoms with Gasteiger partial charge in [-0.3, -0.25) is 4.79 Å². The summed E-state index contributed by atoms with van der Waals surface area (Å²) in [6, 6.07) is 6.25. The monoisotopic (exact) mass is 289 g/mol. The van der Waals surface area contributed by atoms with Gasteiger partial charge in [-0.2, -0.15) is 0 Å². The first-order valence-corrected chi connectivity index (χ1v) is 6.91. The third kappa shape index (κ3) is 3.49. The van der Waals surface area contributed by atoms with Crippen molar-refractivity contribution in [3.63, 3.8) is 0 Å². The van der Waals surface area contributed by atoms with E-state index in [1.54, 1.807) is 18.2 Å². The Morgan fingerprint density at radius 3 is 2.71 bits per heavy atom. The van der Waals surface area contributed by atoms with Crippen LogP contribution >= 0.6 is 0 Å². The van der Waals surface area contributed by atoms with Gasteiger partial charge in [0, 0.05) is 18.9 Å². The summed E-state index contributed by atoms with van der Waals surface area (Å²) in [5, 5.41) is 11.8. The van der Waals surface area contributed by atoms with E-state index in [1.165, 1.54) is 12.1 Å². The minimum atomic E-state index is -1.02. The average molecular weight is 289 g/mol. The zero-order valence-corrected chi connectivity index (χ0v) is 11.8. The van der Waals surface area contributed by atoms with Crippen LogP contribution in [0, 0.1) is 5.41 Å². The van der Waals surface area contributed by atoms with Gasteiger partial charge in [-0.1, -0.05) is 12.1 Å². The highest BCUT2D eigenvalue weighted by Crippen LogP contribution is 2.36. The molecule has 1 saturated heterocycles. The van der Waals surface area contributed by atoms with Crippen LogP contribution in [0.1, 0.15) is 29.6 Å². The SMILES string of the molecule is C=CCC1(C(=O)Nc2cccc(C(=O)O)c2)CCOCC1. The number of hydrogen-bond acceptors (Lipinski definition) is 3. The lowest BCUT2D eigenvalue weighted by atomic mass is 9.76. The molecule has 2 rings (SSSR count). The maximum atomic E-state index is 12.6. The van der Waals surface area contributed by atoms with Crippen molar-refractivity contribution in [1.29, 1.82) is 0 Å². The molecule has 1 heterocycles. The average Bonchev–Trinajstić information content (AvgIpc) is 2.48. The lowest BCUT2D eigenvalue weighted by Crippen LogP contribution is -2.40. The minimum Gasteiger partial charge on any atom is -0.478 e. The third-order valence-corrected chi connectivity index (χ3v) is 3.83. The zero-order chi connectivity index (χ0) is 15.3. The molecule has 21 heavy (non-hydrogen) atoms. The molecule has 1 aliphatic heterocycles.